The molecule has 1 aromatic carbocycles. The summed E-state index contributed by atoms with van der Waals surface area (Å²) >= 11 is 0. The van der Waals surface area contributed by atoms with Crippen LogP contribution < -0.4 is 5.73 Å². The summed E-state index contributed by atoms with van der Waals surface area (Å²) in [5.74, 6) is -0.709. The van der Waals surface area contributed by atoms with Gasteiger partial charge in [0.05, 0.1) is 9.82 Å². The van der Waals surface area contributed by atoms with Gasteiger partial charge in [0.15, 0.2) is 0 Å². The highest BCUT2D eigenvalue weighted by molar-refractivity contribution is 7.89. The second kappa shape index (κ2) is 5.41. The Morgan fingerprint density at radius 1 is 1.48 bits per heavy atom. The molecule has 1 aliphatic heterocycles. The first kappa shape index (κ1) is 15.4. The molecule has 0 bridgehead atoms. The Kier molecular flexibility index (Phi) is 3.97. The number of nitrogens with zero attached hydrogens (tertiary/aromatic N) is 2. The minimum Gasteiger partial charge on any atom is -0.368 e. The van der Waals surface area contributed by atoms with Gasteiger partial charge < -0.3 is 5.73 Å². The highest BCUT2D eigenvalue weighted by atomic mass is 32.2. The van der Waals surface area contributed by atoms with Crippen molar-refractivity contribution in [1.29, 1.82) is 0 Å². The zero-order valence-corrected chi connectivity index (χ0v) is 12.2. The fourth-order valence-corrected chi connectivity index (χ4v) is 4.43. The zero-order valence-electron chi connectivity index (χ0n) is 11.4. The fraction of sp³-hybridized carbons (Fsp3) is 0.417. The predicted octanol–water partition coefficient (Wildman–Crippen LogP) is 0.542. The van der Waals surface area contributed by atoms with Crippen molar-refractivity contribution in [3.8, 4) is 0 Å². The molecule has 114 valence electrons. The maximum Gasteiger partial charge on any atom is 0.273 e. The van der Waals surface area contributed by atoms with E-state index in [0.29, 0.717) is 12.8 Å². The smallest absolute Gasteiger partial charge is 0.273 e. The van der Waals surface area contributed by atoms with Gasteiger partial charge in [-0.2, -0.15) is 4.31 Å². The van der Waals surface area contributed by atoms with E-state index >= 15 is 0 Å². The molecule has 8 nitrogen and oxygen atoms in total. The number of carbonyl (C=O) groups is 1. The number of nitro groups is 1. The van der Waals surface area contributed by atoms with E-state index in [4.69, 9.17) is 5.73 Å². The monoisotopic (exact) mass is 313 g/mol. The number of nitrogens with two attached hydrogens (primary N) is 1. The van der Waals surface area contributed by atoms with Crippen molar-refractivity contribution >= 4 is 21.6 Å². The predicted molar refractivity (Wildman–Crippen MR) is 73.9 cm³/mol. The summed E-state index contributed by atoms with van der Waals surface area (Å²) < 4.78 is 26.3. The van der Waals surface area contributed by atoms with Crippen LogP contribution in [0.25, 0.3) is 0 Å². The van der Waals surface area contributed by atoms with Crippen molar-refractivity contribution in [3.63, 3.8) is 0 Å². The summed E-state index contributed by atoms with van der Waals surface area (Å²) in [7, 11) is -3.99. The fourth-order valence-electron chi connectivity index (χ4n) is 2.52. The molecular weight excluding hydrogens is 298 g/mol. The molecule has 0 aliphatic carbocycles. The molecule has 1 aromatic rings. The molecule has 0 saturated carbocycles. The van der Waals surface area contributed by atoms with Gasteiger partial charge >= 0.3 is 0 Å². The number of rotatable bonds is 4. The summed E-state index contributed by atoms with van der Waals surface area (Å²) in [4.78, 5) is 21.5. The van der Waals surface area contributed by atoms with Crippen LogP contribution in [0.1, 0.15) is 18.4 Å². The van der Waals surface area contributed by atoms with Crippen LogP contribution in [0, 0.1) is 17.0 Å². The van der Waals surface area contributed by atoms with Gasteiger partial charge in [-0.3, -0.25) is 14.9 Å². The Morgan fingerprint density at radius 2 is 2.14 bits per heavy atom. The zero-order chi connectivity index (χ0) is 15.8. The Morgan fingerprint density at radius 3 is 2.71 bits per heavy atom. The molecule has 0 radical (unpaired) electrons. The number of sulfonamides is 1. The van der Waals surface area contributed by atoms with Crippen LogP contribution >= 0.6 is 0 Å². The molecule has 9 heteroatoms. The topological polar surface area (TPSA) is 124 Å². The van der Waals surface area contributed by atoms with Gasteiger partial charge in [-0.25, -0.2) is 8.42 Å². The minimum atomic E-state index is -3.99. The third-order valence-corrected chi connectivity index (χ3v) is 5.62. The van der Waals surface area contributed by atoms with Crippen LogP contribution in [0.4, 0.5) is 5.69 Å². The summed E-state index contributed by atoms with van der Waals surface area (Å²) in [6, 6.07) is 2.96. The molecule has 1 fully saturated rings. The first-order valence-corrected chi connectivity index (χ1v) is 7.76. The van der Waals surface area contributed by atoms with Crippen LogP contribution in [0.15, 0.2) is 23.1 Å². The summed E-state index contributed by atoms with van der Waals surface area (Å²) in [5, 5.41) is 10.9. The quantitative estimate of drug-likeness (QED) is 0.642. The number of nitro benzene ring substituents is 1. The number of hydrogen-bond acceptors (Lipinski definition) is 5. The maximum absolute atomic E-state index is 12.6. The van der Waals surface area contributed by atoms with E-state index in [1.54, 1.807) is 0 Å². The lowest BCUT2D eigenvalue weighted by Crippen LogP contribution is -2.43. The van der Waals surface area contributed by atoms with Crippen molar-refractivity contribution < 1.29 is 18.1 Å². The number of amides is 1. The third-order valence-electron chi connectivity index (χ3n) is 3.57. The Hall–Kier alpha value is -2.00. The molecule has 1 aliphatic rings. The van der Waals surface area contributed by atoms with Crippen molar-refractivity contribution in [3.05, 3.63) is 33.9 Å². The lowest BCUT2D eigenvalue weighted by Gasteiger charge is -2.22. The van der Waals surface area contributed by atoms with E-state index in [9.17, 15) is 23.3 Å². The van der Waals surface area contributed by atoms with Crippen molar-refractivity contribution in [2.45, 2.75) is 30.7 Å². The highest BCUT2D eigenvalue weighted by Gasteiger charge is 2.39. The Labute approximate surface area is 121 Å². The van der Waals surface area contributed by atoms with Gasteiger partial charge in [-0.1, -0.05) is 6.07 Å². The normalized spacial score (nSPS) is 19.6. The van der Waals surface area contributed by atoms with Crippen LogP contribution in [0.3, 0.4) is 0 Å². The minimum absolute atomic E-state index is 0.0534. The molecule has 0 aromatic heterocycles. The number of carbonyl (C=O) groups excluding carboxylic acids is 1. The second-order valence-corrected chi connectivity index (χ2v) is 6.69. The van der Waals surface area contributed by atoms with Gasteiger partial charge in [-0.15, -0.1) is 0 Å². The molecule has 0 spiro atoms. The molecule has 1 heterocycles. The Balaban J connectivity index is 2.52. The number of benzene rings is 1. The van der Waals surface area contributed by atoms with Crippen LogP contribution in [-0.2, 0) is 14.8 Å². The van der Waals surface area contributed by atoms with E-state index in [-0.39, 0.29) is 22.7 Å². The van der Waals surface area contributed by atoms with Crippen LogP contribution in [0.2, 0.25) is 0 Å². The highest BCUT2D eigenvalue weighted by Crippen LogP contribution is 2.31. The molecule has 1 atom stereocenters. The van der Waals surface area contributed by atoms with E-state index in [0.717, 1.165) is 4.31 Å². The van der Waals surface area contributed by atoms with Gasteiger partial charge in [0.2, 0.25) is 15.9 Å². The molecule has 21 heavy (non-hydrogen) atoms. The van der Waals surface area contributed by atoms with E-state index < -0.39 is 26.9 Å². The van der Waals surface area contributed by atoms with Gasteiger partial charge in [0.25, 0.3) is 5.69 Å². The molecular formula is C12H15N3O5S. The first-order chi connectivity index (χ1) is 9.76. The molecule has 2 rings (SSSR count). The molecule has 2 N–H and O–H groups in total. The lowest BCUT2D eigenvalue weighted by molar-refractivity contribution is -0.385. The number of primary amides is 1. The third kappa shape index (κ3) is 2.61. The van der Waals surface area contributed by atoms with Crippen LogP contribution in [-0.4, -0.2) is 36.1 Å². The largest absolute Gasteiger partial charge is 0.368 e. The average molecular weight is 313 g/mol. The maximum atomic E-state index is 12.6. The van der Waals surface area contributed by atoms with Crippen molar-refractivity contribution in [2.24, 2.45) is 5.73 Å². The lowest BCUT2D eigenvalue weighted by atomic mass is 10.2. The molecule has 1 saturated heterocycles. The van der Waals surface area contributed by atoms with Gasteiger partial charge in [0, 0.05) is 18.2 Å². The first-order valence-electron chi connectivity index (χ1n) is 6.32. The molecule has 1 unspecified atom stereocenters. The second-order valence-electron chi connectivity index (χ2n) is 4.83. The molecule has 1 amide bonds. The van der Waals surface area contributed by atoms with E-state index in [2.05, 4.69) is 0 Å². The number of hydrogen-bond donors (Lipinski definition) is 1. The summed E-state index contributed by atoms with van der Waals surface area (Å²) in [6.45, 7) is 1.55. The van der Waals surface area contributed by atoms with E-state index in [1.165, 1.54) is 25.1 Å². The van der Waals surface area contributed by atoms with Crippen LogP contribution in [0.5, 0.6) is 0 Å². The SMILES string of the molecule is Cc1c([N+](=O)[O-])cccc1S(=O)(=O)N1CCCC1C(N)=O. The van der Waals surface area contributed by atoms with Crippen molar-refractivity contribution in [2.75, 3.05) is 6.54 Å². The van der Waals surface area contributed by atoms with Crippen molar-refractivity contribution in [1.82, 2.24) is 4.31 Å². The summed E-state index contributed by atoms with van der Waals surface area (Å²) in [6.07, 6.45) is 0.892. The van der Waals surface area contributed by atoms with Gasteiger partial charge in [0.1, 0.15) is 6.04 Å². The standard InChI is InChI=1S/C12H15N3O5S/c1-8-9(15(17)18)4-2-6-11(8)21(19,20)14-7-3-5-10(14)12(13)16/h2,4,6,10H,3,5,7H2,1H3,(H2,13,16). The van der Waals surface area contributed by atoms with Gasteiger partial charge in [-0.05, 0) is 25.8 Å². The van der Waals surface area contributed by atoms with E-state index in [1.807, 2.05) is 0 Å². The summed E-state index contributed by atoms with van der Waals surface area (Å²) in [5.41, 5.74) is 5.01. The Bertz CT molecular complexity index is 701. The average Bonchev–Trinajstić information content (AvgIpc) is 2.88.